The highest BCUT2D eigenvalue weighted by atomic mass is 32.1. The number of carbonyl (C=O) groups is 2. The molecule has 2 aromatic rings. The molecule has 8 heteroatoms. The number of ether oxygens (including phenoxy) is 1. The minimum Gasteiger partial charge on any atom is -0.444 e. The molecular weight excluding hydrogens is 424 g/mol. The molecule has 7 nitrogen and oxygen atoms in total. The Morgan fingerprint density at radius 2 is 1.91 bits per heavy atom. The number of amides is 2. The number of thiophene rings is 1. The van der Waals surface area contributed by atoms with E-state index in [2.05, 4.69) is 15.6 Å². The predicted molar refractivity (Wildman–Crippen MR) is 130 cm³/mol. The lowest BCUT2D eigenvalue weighted by Crippen LogP contribution is -2.40. The first-order valence-electron chi connectivity index (χ1n) is 10.3. The number of benzene rings is 1. The molecule has 0 aliphatic rings. The van der Waals surface area contributed by atoms with Crippen LogP contribution in [0.2, 0.25) is 0 Å². The molecule has 0 radical (unpaired) electrons. The summed E-state index contributed by atoms with van der Waals surface area (Å²) in [5, 5.41) is 5.78. The fourth-order valence-corrected chi connectivity index (χ4v) is 4.01. The van der Waals surface area contributed by atoms with Gasteiger partial charge in [0.1, 0.15) is 5.60 Å². The number of nitrogens with zero attached hydrogens (tertiary/aromatic N) is 1. The van der Waals surface area contributed by atoms with Crippen LogP contribution in [0.5, 0.6) is 0 Å². The summed E-state index contributed by atoms with van der Waals surface area (Å²) < 4.78 is 5.32. The summed E-state index contributed by atoms with van der Waals surface area (Å²) in [7, 11) is 1.70. The number of aryl methyl sites for hydroxylation is 1. The van der Waals surface area contributed by atoms with Crippen molar-refractivity contribution >= 4 is 29.0 Å². The zero-order valence-corrected chi connectivity index (χ0v) is 20.3. The maximum absolute atomic E-state index is 13.1. The predicted octanol–water partition coefficient (Wildman–Crippen LogP) is 4.33. The summed E-state index contributed by atoms with van der Waals surface area (Å²) in [5.74, 6) is -0.228. The Labute approximate surface area is 193 Å². The maximum Gasteiger partial charge on any atom is 0.407 e. The van der Waals surface area contributed by atoms with E-state index in [9.17, 15) is 9.59 Å². The first-order valence-corrected chi connectivity index (χ1v) is 11.2. The van der Waals surface area contributed by atoms with Crippen molar-refractivity contribution in [1.82, 2.24) is 10.6 Å². The highest BCUT2D eigenvalue weighted by molar-refractivity contribution is 7.14. The molecule has 1 unspecified atom stereocenters. The van der Waals surface area contributed by atoms with E-state index >= 15 is 0 Å². The third kappa shape index (κ3) is 6.95. The molecule has 1 heterocycles. The number of nitrogens with two attached hydrogens (primary N) is 1. The van der Waals surface area contributed by atoms with Gasteiger partial charge in [0, 0.05) is 24.0 Å². The molecule has 0 aliphatic heterocycles. The highest BCUT2D eigenvalue weighted by Gasteiger charge is 2.22. The second-order valence-electron chi connectivity index (χ2n) is 8.32. The first-order chi connectivity index (χ1) is 15.1. The van der Waals surface area contributed by atoms with Gasteiger partial charge in [-0.1, -0.05) is 30.3 Å². The second-order valence-corrected chi connectivity index (χ2v) is 9.58. The van der Waals surface area contributed by atoms with E-state index in [1.807, 2.05) is 50.2 Å². The van der Waals surface area contributed by atoms with Crippen molar-refractivity contribution in [2.45, 2.75) is 46.3 Å². The highest BCUT2D eigenvalue weighted by Crippen LogP contribution is 2.25. The van der Waals surface area contributed by atoms with Gasteiger partial charge < -0.3 is 21.1 Å². The van der Waals surface area contributed by atoms with Crippen molar-refractivity contribution in [3.8, 4) is 0 Å². The van der Waals surface area contributed by atoms with Gasteiger partial charge in [-0.05, 0) is 58.0 Å². The minimum atomic E-state index is -0.602. The molecule has 1 aromatic carbocycles. The topological polar surface area (TPSA) is 106 Å². The number of hydrogen-bond donors (Lipinski definition) is 3. The van der Waals surface area contributed by atoms with Crippen LogP contribution in [-0.2, 0) is 4.74 Å². The van der Waals surface area contributed by atoms with Crippen molar-refractivity contribution in [1.29, 1.82) is 0 Å². The minimum absolute atomic E-state index is 0.193. The van der Waals surface area contributed by atoms with Crippen LogP contribution in [0.3, 0.4) is 0 Å². The molecule has 2 rings (SSSR count). The molecule has 1 atom stereocenters. The fraction of sp³-hybridized carbons (Fsp3) is 0.375. The summed E-state index contributed by atoms with van der Waals surface area (Å²) in [6, 6.07) is 10.9. The third-order valence-electron chi connectivity index (χ3n) is 4.60. The van der Waals surface area contributed by atoms with Crippen molar-refractivity contribution in [3.63, 3.8) is 0 Å². The summed E-state index contributed by atoms with van der Waals surface area (Å²) in [4.78, 5) is 31.1. The van der Waals surface area contributed by atoms with Gasteiger partial charge in [0.15, 0.2) is 0 Å². The summed E-state index contributed by atoms with van der Waals surface area (Å²) in [6.45, 7) is 9.43. The Balaban J connectivity index is 2.22. The number of rotatable bonds is 7. The largest absolute Gasteiger partial charge is 0.444 e. The van der Waals surface area contributed by atoms with Crippen molar-refractivity contribution in [2.24, 2.45) is 10.7 Å². The zero-order chi connectivity index (χ0) is 23.9. The summed E-state index contributed by atoms with van der Waals surface area (Å²) >= 11 is 1.39. The first kappa shape index (κ1) is 25.1. The average molecular weight is 457 g/mol. The van der Waals surface area contributed by atoms with Gasteiger partial charge in [-0.15, -0.1) is 11.3 Å². The molecule has 0 aliphatic carbocycles. The van der Waals surface area contributed by atoms with Crippen LogP contribution >= 0.6 is 11.3 Å². The Hall–Kier alpha value is -3.13. The SMILES string of the molecule is CN=C(C(C)=CN)c1cc(C(=O)NC(CNC(=O)OC(C)(C)C)c2ccccc2)sc1C. The van der Waals surface area contributed by atoms with Gasteiger partial charge in [-0.3, -0.25) is 9.79 Å². The van der Waals surface area contributed by atoms with Crippen LogP contribution in [0.1, 0.15) is 59.4 Å². The van der Waals surface area contributed by atoms with Gasteiger partial charge in [0.25, 0.3) is 5.91 Å². The Kier molecular flexibility index (Phi) is 8.60. The number of aliphatic imine (C=N–C) groups is 1. The lowest BCUT2D eigenvalue weighted by molar-refractivity contribution is 0.0520. The van der Waals surface area contributed by atoms with Gasteiger partial charge in [-0.25, -0.2) is 4.79 Å². The standard InChI is InChI=1S/C24H32N4O3S/c1-15(13-25)21(26-6)18-12-20(32-16(18)2)22(29)28-19(17-10-8-7-9-11-17)14-27-23(30)31-24(3,4)5/h7-13,19H,14,25H2,1-6H3,(H,27,30)(H,28,29). The number of allylic oxidation sites excluding steroid dienone is 1. The molecule has 1 aromatic heterocycles. The number of alkyl carbamates (subject to hydrolysis) is 1. The van der Waals surface area contributed by atoms with Crippen LogP contribution in [0.25, 0.3) is 0 Å². The maximum atomic E-state index is 13.1. The number of nitrogens with one attached hydrogen (secondary N) is 2. The van der Waals surface area contributed by atoms with E-state index < -0.39 is 17.7 Å². The molecule has 0 spiro atoms. The molecule has 32 heavy (non-hydrogen) atoms. The lowest BCUT2D eigenvalue weighted by Gasteiger charge is -2.23. The molecule has 0 saturated heterocycles. The number of carbonyl (C=O) groups excluding carboxylic acids is 2. The zero-order valence-electron chi connectivity index (χ0n) is 19.5. The molecule has 0 bridgehead atoms. The molecule has 2 amide bonds. The van der Waals surface area contributed by atoms with Gasteiger partial charge >= 0.3 is 6.09 Å². The van der Waals surface area contributed by atoms with Crippen LogP contribution in [0.4, 0.5) is 4.79 Å². The van der Waals surface area contributed by atoms with E-state index in [1.165, 1.54) is 17.5 Å². The fourth-order valence-electron chi connectivity index (χ4n) is 3.08. The van der Waals surface area contributed by atoms with Gasteiger partial charge in [0.05, 0.1) is 16.6 Å². The lowest BCUT2D eigenvalue weighted by atomic mass is 10.0. The monoisotopic (exact) mass is 456 g/mol. The van der Waals surface area contributed by atoms with Crippen LogP contribution < -0.4 is 16.4 Å². The smallest absolute Gasteiger partial charge is 0.407 e. The Morgan fingerprint density at radius 1 is 1.25 bits per heavy atom. The quantitative estimate of drug-likeness (QED) is 0.539. The van der Waals surface area contributed by atoms with Crippen LogP contribution in [0, 0.1) is 6.92 Å². The van der Waals surface area contributed by atoms with Crippen molar-refractivity contribution in [2.75, 3.05) is 13.6 Å². The molecule has 0 saturated carbocycles. The van der Waals surface area contributed by atoms with Crippen molar-refractivity contribution in [3.05, 3.63) is 69.1 Å². The third-order valence-corrected chi connectivity index (χ3v) is 5.65. The summed E-state index contributed by atoms with van der Waals surface area (Å²) in [5.41, 5.74) is 8.41. The van der Waals surface area contributed by atoms with E-state index in [4.69, 9.17) is 10.5 Å². The van der Waals surface area contributed by atoms with Gasteiger partial charge in [0.2, 0.25) is 0 Å². The Bertz CT molecular complexity index is 1000. The van der Waals surface area contributed by atoms with Gasteiger partial charge in [-0.2, -0.15) is 0 Å². The second kappa shape index (κ2) is 10.9. The van der Waals surface area contributed by atoms with E-state index in [-0.39, 0.29) is 12.5 Å². The summed E-state index contributed by atoms with van der Waals surface area (Å²) in [6.07, 6.45) is 0.974. The normalized spacial score (nSPS) is 13.4. The van der Waals surface area contributed by atoms with E-state index in [0.29, 0.717) is 4.88 Å². The molecule has 4 N–H and O–H groups in total. The molecule has 172 valence electrons. The molecule has 0 fully saturated rings. The van der Waals surface area contributed by atoms with Crippen LogP contribution in [-0.4, -0.2) is 36.9 Å². The molecular formula is C24H32N4O3S. The Morgan fingerprint density at radius 3 is 2.47 bits per heavy atom. The average Bonchev–Trinajstić information content (AvgIpc) is 3.12. The van der Waals surface area contributed by atoms with E-state index in [1.54, 1.807) is 27.8 Å². The number of hydrogen-bond acceptors (Lipinski definition) is 6. The van der Waals surface area contributed by atoms with Crippen LogP contribution in [0.15, 0.2) is 53.2 Å². The van der Waals surface area contributed by atoms with E-state index in [0.717, 1.165) is 27.3 Å². The van der Waals surface area contributed by atoms with Crippen molar-refractivity contribution < 1.29 is 14.3 Å².